The number of hydrogen-bond acceptors (Lipinski definition) is 6. The van der Waals surface area contributed by atoms with Gasteiger partial charge in [-0.3, -0.25) is 4.79 Å². The van der Waals surface area contributed by atoms with E-state index in [1.807, 2.05) is 0 Å². The first-order valence-electron chi connectivity index (χ1n) is 7.60. The highest BCUT2D eigenvalue weighted by Crippen LogP contribution is 2.37. The Balaban J connectivity index is 2.63. The lowest BCUT2D eigenvalue weighted by Crippen LogP contribution is -2.36. The third kappa shape index (κ3) is 3.99. The lowest BCUT2D eigenvalue weighted by Gasteiger charge is -2.16. The van der Waals surface area contributed by atoms with Crippen LogP contribution in [0.5, 0.6) is 0 Å². The average Bonchev–Trinajstić information content (AvgIpc) is 2.51. The molecule has 2 rings (SSSR count). The maximum absolute atomic E-state index is 13.6. The summed E-state index contributed by atoms with van der Waals surface area (Å²) >= 11 is 0. The fraction of sp³-hybridized carbons (Fsp3) is 0.375. The number of benzene rings is 1. The van der Waals surface area contributed by atoms with Crippen LogP contribution in [0.3, 0.4) is 0 Å². The van der Waals surface area contributed by atoms with Crippen molar-refractivity contribution in [3.8, 4) is 0 Å². The zero-order valence-corrected chi connectivity index (χ0v) is 13.2. The lowest BCUT2D eigenvalue weighted by atomic mass is 9.95. The molecule has 1 aromatic carbocycles. The molecule has 6 nitrogen and oxygen atoms in total. The minimum Gasteiger partial charge on any atom is -0.422 e. The molecule has 0 spiro atoms. The maximum atomic E-state index is 13.6. The van der Waals surface area contributed by atoms with Gasteiger partial charge in [-0.1, -0.05) is 6.42 Å². The largest absolute Gasteiger partial charge is 0.422 e. The number of rotatable bonds is 6. The number of carbonyl (C=O) groups excluding carboxylic acids is 1. The van der Waals surface area contributed by atoms with Crippen LogP contribution in [0.25, 0.3) is 11.0 Å². The van der Waals surface area contributed by atoms with Crippen LogP contribution < -0.4 is 22.8 Å². The van der Waals surface area contributed by atoms with E-state index in [-0.39, 0.29) is 17.7 Å². The molecule has 1 heterocycles. The Bertz CT molecular complexity index is 846. The van der Waals surface area contributed by atoms with Crippen molar-refractivity contribution in [2.45, 2.75) is 31.5 Å². The summed E-state index contributed by atoms with van der Waals surface area (Å²) in [5, 5.41) is -0.418. The number of ketones is 1. The molecule has 136 valence electrons. The molecule has 0 bridgehead atoms. The smallest absolute Gasteiger partial charge is 0.418 e. The van der Waals surface area contributed by atoms with Gasteiger partial charge in [0.05, 0.1) is 11.6 Å². The highest BCUT2D eigenvalue weighted by atomic mass is 19.4. The summed E-state index contributed by atoms with van der Waals surface area (Å²) < 4.78 is 45.6. The molecule has 0 radical (unpaired) electrons. The van der Waals surface area contributed by atoms with Gasteiger partial charge in [0.1, 0.15) is 11.1 Å². The van der Waals surface area contributed by atoms with Crippen LogP contribution in [0.4, 0.5) is 18.9 Å². The zero-order valence-electron chi connectivity index (χ0n) is 13.2. The third-order valence-electron chi connectivity index (χ3n) is 3.77. The summed E-state index contributed by atoms with van der Waals surface area (Å²) in [6.07, 6.45) is -3.79. The van der Waals surface area contributed by atoms with Gasteiger partial charge in [0.25, 0.3) is 0 Å². The van der Waals surface area contributed by atoms with Crippen LogP contribution in [-0.4, -0.2) is 18.4 Å². The number of nitrogen functional groups attached to an aromatic ring is 1. The molecule has 0 saturated carbocycles. The monoisotopic (exact) mass is 357 g/mol. The van der Waals surface area contributed by atoms with Crippen molar-refractivity contribution in [1.29, 1.82) is 0 Å². The van der Waals surface area contributed by atoms with E-state index in [0.717, 1.165) is 12.1 Å². The first-order chi connectivity index (χ1) is 11.7. The van der Waals surface area contributed by atoms with Crippen molar-refractivity contribution < 1.29 is 22.4 Å². The molecule has 0 unspecified atom stereocenters. The normalized spacial score (nSPS) is 13.2. The van der Waals surface area contributed by atoms with Crippen molar-refractivity contribution in [3.63, 3.8) is 0 Å². The van der Waals surface area contributed by atoms with E-state index in [4.69, 9.17) is 21.6 Å². The zero-order chi connectivity index (χ0) is 18.8. The predicted octanol–water partition coefficient (Wildman–Crippen LogP) is 2.03. The first-order valence-corrected chi connectivity index (χ1v) is 7.60. The van der Waals surface area contributed by atoms with E-state index in [1.54, 1.807) is 0 Å². The number of anilines is 1. The highest BCUT2D eigenvalue weighted by molar-refractivity contribution is 6.04. The Kier molecular flexibility index (Phi) is 5.48. The highest BCUT2D eigenvalue weighted by Gasteiger charge is 2.40. The molecule has 25 heavy (non-hydrogen) atoms. The van der Waals surface area contributed by atoms with E-state index < -0.39 is 40.1 Å². The topological polar surface area (TPSA) is 125 Å². The number of Topliss-reactive ketones (excluding diaryl/α,β-unsaturated/α-hetero) is 1. The summed E-state index contributed by atoms with van der Waals surface area (Å²) in [4.78, 5) is 24.5. The first kappa shape index (κ1) is 18.9. The molecule has 0 amide bonds. The van der Waals surface area contributed by atoms with Gasteiger partial charge in [0.2, 0.25) is 0 Å². The van der Waals surface area contributed by atoms with Crippen molar-refractivity contribution in [1.82, 2.24) is 0 Å². The van der Waals surface area contributed by atoms with Crippen LogP contribution >= 0.6 is 0 Å². The van der Waals surface area contributed by atoms with Gasteiger partial charge in [-0.25, -0.2) is 4.79 Å². The van der Waals surface area contributed by atoms with Crippen LogP contribution in [0.15, 0.2) is 27.4 Å². The van der Waals surface area contributed by atoms with Crippen LogP contribution in [0, 0.1) is 0 Å². The molecule has 0 aliphatic carbocycles. The van der Waals surface area contributed by atoms with Gasteiger partial charge >= 0.3 is 11.8 Å². The van der Waals surface area contributed by atoms with E-state index in [9.17, 15) is 22.8 Å². The van der Waals surface area contributed by atoms with Crippen molar-refractivity contribution >= 4 is 22.4 Å². The van der Waals surface area contributed by atoms with Gasteiger partial charge in [0, 0.05) is 17.1 Å². The lowest BCUT2D eigenvalue weighted by molar-refractivity contribution is -0.136. The van der Waals surface area contributed by atoms with Gasteiger partial charge in [-0.2, -0.15) is 13.2 Å². The van der Waals surface area contributed by atoms with Crippen molar-refractivity contribution in [3.05, 3.63) is 39.7 Å². The number of fused-ring (bicyclic) bond motifs is 1. The fourth-order valence-electron chi connectivity index (χ4n) is 2.56. The second-order valence-electron chi connectivity index (χ2n) is 5.65. The second-order valence-corrected chi connectivity index (χ2v) is 5.65. The van der Waals surface area contributed by atoms with Crippen LogP contribution in [-0.2, 0) is 6.18 Å². The molecular formula is C16H18F3N3O3. The molecule has 9 heteroatoms. The van der Waals surface area contributed by atoms with Crippen molar-refractivity contribution in [2.24, 2.45) is 11.5 Å². The van der Waals surface area contributed by atoms with Crippen molar-refractivity contribution in [2.75, 3.05) is 12.3 Å². The van der Waals surface area contributed by atoms with E-state index in [0.29, 0.717) is 19.4 Å². The predicted molar refractivity (Wildman–Crippen MR) is 87.1 cm³/mol. The SMILES string of the molecule is NCCCC[C@H](N)C(=O)c1c(C(F)(F)F)c2ccc(N)cc2oc1=O. The van der Waals surface area contributed by atoms with Gasteiger partial charge in [0.15, 0.2) is 5.78 Å². The molecule has 1 atom stereocenters. The number of nitrogens with two attached hydrogens (primary N) is 3. The minimum atomic E-state index is -4.94. The van der Waals surface area contributed by atoms with Crippen LogP contribution in [0.2, 0.25) is 0 Å². The Labute approximate surface area is 140 Å². The van der Waals surface area contributed by atoms with Crippen LogP contribution in [0.1, 0.15) is 35.2 Å². The number of hydrogen-bond donors (Lipinski definition) is 3. The summed E-state index contributed by atoms with van der Waals surface area (Å²) in [7, 11) is 0. The minimum absolute atomic E-state index is 0.118. The Hall–Kier alpha value is -2.39. The quantitative estimate of drug-likeness (QED) is 0.314. The van der Waals surface area contributed by atoms with E-state index >= 15 is 0 Å². The van der Waals surface area contributed by atoms with Gasteiger partial charge in [-0.05, 0) is 31.5 Å². The summed E-state index contributed by atoms with van der Waals surface area (Å²) in [6, 6.07) is 2.14. The number of alkyl halides is 3. The second kappa shape index (κ2) is 7.24. The molecule has 2 aromatic rings. The molecule has 0 aliphatic heterocycles. The number of carbonyl (C=O) groups is 1. The van der Waals surface area contributed by atoms with Gasteiger partial charge in [-0.15, -0.1) is 0 Å². The molecule has 0 saturated heterocycles. The number of unbranched alkanes of at least 4 members (excludes halogenated alkanes) is 1. The Morgan fingerprint density at radius 1 is 1.24 bits per heavy atom. The molecule has 6 N–H and O–H groups in total. The van der Waals surface area contributed by atoms with Gasteiger partial charge < -0.3 is 21.6 Å². The molecule has 0 fully saturated rings. The van der Waals surface area contributed by atoms with E-state index in [1.165, 1.54) is 6.07 Å². The maximum Gasteiger partial charge on any atom is 0.418 e. The molecule has 1 aromatic heterocycles. The summed E-state index contributed by atoms with van der Waals surface area (Å²) in [6.45, 7) is 0.369. The average molecular weight is 357 g/mol. The Morgan fingerprint density at radius 3 is 2.52 bits per heavy atom. The molecular weight excluding hydrogens is 339 g/mol. The number of halogens is 3. The summed E-state index contributed by atoms with van der Waals surface area (Å²) in [5.41, 5.74) is 12.5. The standard InChI is InChI=1S/C16H18F3N3O3/c17-16(18,19)13-9-5-4-8(21)7-11(9)25-15(24)12(13)14(23)10(22)3-1-2-6-20/h4-5,7,10H,1-3,6,20-22H2/t10-/m0/s1. The third-order valence-corrected chi connectivity index (χ3v) is 3.77. The molecule has 0 aliphatic rings. The summed E-state index contributed by atoms with van der Waals surface area (Å²) in [5.74, 6) is -1.10. The van der Waals surface area contributed by atoms with E-state index in [2.05, 4.69) is 0 Å². The fourth-order valence-corrected chi connectivity index (χ4v) is 2.56. The Morgan fingerprint density at radius 2 is 1.92 bits per heavy atom.